The fourth-order valence-electron chi connectivity index (χ4n) is 5.63. The van der Waals surface area contributed by atoms with E-state index in [9.17, 15) is 9.90 Å². The van der Waals surface area contributed by atoms with E-state index < -0.39 is 0 Å². The molecule has 5 saturated carbocycles. The van der Waals surface area contributed by atoms with Crippen molar-refractivity contribution in [1.82, 2.24) is 5.32 Å². The van der Waals surface area contributed by atoms with E-state index in [4.69, 9.17) is 0 Å². The third-order valence-corrected chi connectivity index (χ3v) is 6.41. The second kappa shape index (κ2) is 4.72. The summed E-state index contributed by atoms with van der Waals surface area (Å²) in [5.41, 5.74) is -0.0285. The first-order valence-corrected chi connectivity index (χ1v) is 8.61. The Bertz CT molecular complexity index is 367. The number of hydrogen-bond acceptors (Lipinski definition) is 2. The molecule has 0 unspecified atom stereocenters. The molecule has 112 valence electrons. The summed E-state index contributed by atoms with van der Waals surface area (Å²) in [4.78, 5) is 12.7. The third kappa shape index (κ3) is 2.28. The Hall–Kier alpha value is -0.570. The van der Waals surface area contributed by atoms with Crippen molar-refractivity contribution in [1.29, 1.82) is 0 Å². The summed E-state index contributed by atoms with van der Waals surface area (Å²) in [6.07, 6.45) is 10.4. The summed E-state index contributed by atoms with van der Waals surface area (Å²) in [6, 6.07) is 0. The Morgan fingerprint density at radius 2 is 1.65 bits per heavy atom. The van der Waals surface area contributed by atoms with Gasteiger partial charge in [-0.2, -0.15) is 0 Å². The zero-order valence-corrected chi connectivity index (χ0v) is 12.3. The standard InChI is InChI=1S/C17H27NO2/c19-15(14-1-2-14)3-4-18-16(20)17-8-11-5-12(9-17)7-13(6-11)10-17/h11-15,19H,1-10H2,(H,18,20)/t11?,12?,13?,15-,17?/m0/s1. The molecule has 0 radical (unpaired) electrons. The molecule has 0 aromatic rings. The minimum absolute atomic E-state index is 0.0285. The van der Waals surface area contributed by atoms with Gasteiger partial charge in [-0.3, -0.25) is 4.79 Å². The predicted molar refractivity (Wildman–Crippen MR) is 77.0 cm³/mol. The van der Waals surface area contributed by atoms with E-state index in [-0.39, 0.29) is 11.5 Å². The van der Waals surface area contributed by atoms with Gasteiger partial charge in [0, 0.05) is 12.0 Å². The van der Waals surface area contributed by atoms with Crippen LogP contribution in [-0.2, 0) is 4.79 Å². The maximum absolute atomic E-state index is 12.7. The summed E-state index contributed by atoms with van der Waals surface area (Å²) >= 11 is 0. The van der Waals surface area contributed by atoms with Crippen LogP contribution in [0.2, 0.25) is 0 Å². The zero-order valence-electron chi connectivity index (χ0n) is 12.3. The lowest BCUT2D eigenvalue weighted by Gasteiger charge is -2.55. The normalized spacial score (nSPS) is 43.5. The number of amides is 1. The summed E-state index contributed by atoms with van der Waals surface area (Å²) in [6.45, 7) is 0.665. The number of nitrogens with one attached hydrogen (secondary N) is 1. The lowest BCUT2D eigenvalue weighted by atomic mass is 9.49. The van der Waals surface area contributed by atoms with Crippen LogP contribution in [0.3, 0.4) is 0 Å². The van der Waals surface area contributed by atoms with Gasteiger partial charge in [-0.25, -0.2) is 0 Å². The Morgan fingerprint density at radius 1 is 1.10 bits per heavy atom. The number of hydrogen-bond donors (Lipinski definition) is 2. The first-order chi connectivity index (χ1) is 9.64. The van der Waals surface area contributed by atoms with Crippen LogP contribution in [0.25, 0.3) is 0 Å². The average molecular weight is 277 g/mol. The van der Waals surface area contributed by atoms with Gasteiger partial charge in [-0.1, -0.05) is 0 Å². The van der Waals surface area contributed by atoms with Crippen LogP contribution in [0.15, 0.2) is 0 Å². The smallest absolute Gasteiger partial charge is 0.226 e. The second-order valence-corrected chi connectivity index (χ2v) is 8.15. The first-order valence-electron chi connectivity index (χ1n) is 8.61. The molecular weight excluding hydrogens is 250 g/mol. The third-order valence-electron chi connectivity index (χ3n) is 6.41. The van der Waals surface area contributed by atoms with Crippen molar-refractivity contribution in [2.75, 3.05) is 6.54 Å². The molecule has 1 atom stereocenters. The van der Waals surface area contributed by atoms with Gasteiger partial charge in [0.05, 0.1) is 6.10 Å². The van der Waals surface area contributed by atoms with Crippen molar-refractivity contribution < 1.29 is 9.90 Å². The van der Waals surface area contributed by atoms with E-state index in [1.54, 1.807) is 0 Å². The molecule has 3 nitrogen and oxygen atoms in total. The van der Waals surface area contributed by atoms with Crippen LogP contribution < -0.4 is 5.32 Å². The maximum atomic E-state index is 12.7. The number of carbonyl (C=O) groups is 1. The molecule has 0 aliphatic heterocycles. The molecule has 20 heavy (non-hydrogen) atoms. The van der Waals surface area contributed by atoms with Crippen LogP contribution in [0.5, 0.6) is 0 Å². The summed E-state index contributed by atoms with van der Waals surface area (Å²) in [5.74, 6) is 3.29. The fraction of sp³-hybridized carbons (Fsp3) is 0.941. The van der Waals surface area contributed by atoms with Crippen LogP contribution in [0, 0.1) is 29.1 Å². The van der Waals surface area contributed by atoms with Gasteiger partial charge in [-0.05, 0) is 81.5 Å². The molecule has 2 N–H and O–H groups in total. The number of rotatable bonds is 5. The van der Waals surface area contributed by atoms with E-state index in [0.717, 1.165) is 43.4 Å². The molecule has 3 heteroatoms. The molecule has 5 fully saturated rings. The Kier molecular flexibility index (Phi) is 3.10. The Balaban J connectivity index is 1.33. The van der Waals surface area contributed by atoms with Gasteiger partial charge in [-0.15, -0.1) is 0 Å². The molecule has 1 amide bonds. The molecule has 5 aliphatic carbocycles. The number of carbonyl (C=O) groups excluding carboxylic acids is 1. The van der Waals surface area contributed by atoms with Crippen LogP contribution in [-0.4, -0.2) is 23.7 Å². The number of aliphatic hydroxyl groups is 1. The molecular formula is C17H27NO2. The zero-order chi connectivity index (χ0) is 13.7. The van der Waals surface area contributed by atoms with Crippen molar-refractivity contribution in [2.45, 2.75) is 63.9 Å². The Morgan fingerprint density at radius 3 is 2.15 bits per heavy atom. The molecule has 5 aliphatic rings. The van der Waals surface area contributed by atoms with Gasteiger partial charge < -0.3 is 10.4 Å². The lowest BCUT2D eigenvalue weighted by molar-refractivity contribution is -0.146. The van der Waals surface area contributed by atoms with E-state index >= 15 is 0 Å². The van der Waals surface area contributed by atoms with Gasteiger partial charge in [0.25, 0.3) is 0 Å². The molecule has 5 rings (SSSR count). The predicted octanol–water partition coefficient (Wildman–Crippen LogP) is 2.48. The van der Waals surface area contributed by atoms with Gasteiger partial charge in [0.1, 0.15) is 0 Å². The van der Waals surface area contributed by atoms with Gasteiger partial charge in [0.15, 0.2) is 0 Å². The second-order valence-electron chi connectivity index (χ2n) is 8.15. The summed E-state index contributed by atoms with van der Waals surface area (Å²) < 4.78 is 0. The molecule has 0 saturated heterocycles. The van der Waals surface area contributed by atoms with Crippen molar-refractivity contribution in [2.24, 2.45) is 29.1 Å². The fourth-order valence-corrected chi connectivity index (χ4v) is 5.63. The van der Waals surface area contributed by atoms with Crippen molar-refractivity contribution in [3.8, 4) is 0 Å². The van der Waals surface area contributed by atoms with Gasteiger partial charge >= 0.3 is 0 Å². The number of aliphatic hydroxyl groups excluding tert-OH is 1. The summed E-state index contributed by atoms with van der Waals surface area (Å²) in [5, 5.41) is 13.0. The van der Waals surface area contributed by atoms with E-state index in [0.29, 0.717) is 18.4 Å². The SMILES string of the molecule is O=C(NCC[C@H](O)C1CC1)C12CC3CC(CC(C3)C1)C2. The highest BCUT2D eigenvalue weighted by atomic mass is 16.3. The minimum atomic E-state index is -0.188. The van der Waals surface area contributed by atoms with Crippen LogP contribution in [0.1, 0.15) is 57.8 Å². The molecule has 0 aromatic heterocycles. The topological polar surface area (TPSA) is 49.3 Å². The van der Waals surface area contributed by atoms with Crippen molar-refractivity contribution >= 4 is 5.91 Å². The van der Waals surface area contributed by atoms with E-state index in [1.807, 2.05) is 0 Å². The highest BCUT2D eigenvalue weighted by Gasteiger charge is 2.54. The van der Waals surface area contributed by atoms with Crippen LogP contribution in [0.4, 0.5) is 0 Å². The maximum Gasteiger partial charge on any atom is 0.226 e. The van der Waals surface area contributed by atoms with Crippen LogP contribution >= 0.6 is 0 Å². The van der Waals surface area contributed by atoms with Crippen molar-refractivity contribution in [3.05, 3.63) is 0 Å². The Labute approximate surface area is 121 Å². The quantitative estimate of drug-likeness (QED) is 0.811. The highest BCUT2D eigenvalue weighted by molar-refractivity contribution is 5.83. The lowest BCUT2D eigenvalue weighted by Crippen LogP contribution is -2.53. The largest absolute Gasteiger partial charge is 0.393 e. The van der Waals surface area contributed by atoms with Gasteiger partial charge in [0.2, 0.25) is 5.91 Å². The average Bonchev–Trinajstić information content (AvgIpc) is 3.21. The molecule has 0 spiro atoms. The minimum Gasteiger partial charge on any atom is -0.393 e. The van der Waals surface area contributed by atoms with E-state index in [2.05, 4.69) is 5.32 Å². The highest BCUT2D eigenvalue weighted by Crippen LogP contribution is 2.60. The van der Waals surface area contributed by atoms with Crippen molar-refractivity contribution in [3.63, 3.8) is 0 Å². The monoisotopic (exact) mass is 277 g/mol. The molecule has 0 aromatic carbocycles. The molecule has 4 bridgehead atoms. The van der Waals surface area contributed by atoms with E-state index in [1.165, 1.54) is 32.1 Å². The first kappa shape index (κ1) is 13.1. The molecule has 0 heterocycles. The summed E-state index contributed by atoms with van der Waals surface area (Å²) in [7, 11) is 0.